The molecule has 1 aliphatic heterocycles. The van der Waals surface area contributed by atoms with Gasteiger partial charge in [0.15, 0.2) is 5.13 Å². The predicted molar refractivity (Wildman–Crippen MR) is 143 cm³/mol. The molecule has 0 spiro atoms. The summed E-state index contributed by atoms with van der Waals surface area (Å²) in [5, 5.41) is 4.91. The molecule has 0 radical (unpaired) electrons. The molecule has 1 aliphatic rings. The molecule has 0 unspecified atom stereocenters. The number of amides is 2. The number of thiazole rings is 1. The first-order chi connectivity index (χ1) is 18.1. The molecule has 4 aromatic rings. The number of piperazine rings is 1. The van der Waals surface area contributed by atoms with Crippen LogP contribution in [0.1, 0.15) is 33.2 Å². The summed E-state index contributed by atoms with van der Waals surface area (Å²) in [6, 6.07) is 26.4. The van der Waals surface area contributed by atoms with E-state index in [0.717, 1.165) is 13.1 Å². The fourth-order valence-corrected chi connectivity index (χ4v) is 5.30. The van der Waals surface area contributed by atoms with Crippen LogP contribution in [0.2, 0.25) is 0 Å². The maximum absolute atomic E-state index is 13.1. The predicted octanol–water partition coefficient (Wildman–Crippen LogP) is 5.01. The van der Waals surface area contributed by atoms with Gasteiger partial charge in [0.05, 0.1) is 18.2 Å². The molecule has 5 rings (SSSR count). The van der Waals surface area contributed by atoms with Crippen molar-refractivity contribution >= 4 is 28.3 Å². The molecule has 0 aliphatic carbocycles. The lowest BCUT2D eigenvalue weighted by Crippen LogP contribution is -2.50. The Labute approximate surface area is 219 Å². The van der Waals surface area contributed by atoms with Crippen molar-refractivity contribution in [2.75, 3.05) is 31.5 Å². The van der Waals surface area contributed by atoms with Gasteiger partial charge in [0.2, 0.25) is 5.91 Å². The van der Waals surface area contributed by atoms with E-state index in [1.54, 1.807) is 5.38 Å². The second kappa shape index (κ2) is 11.5. The van der Waals surface area contributed by atoms with E-state index in [0.29, 0.717) is 29.5 Å². The summed E-state index contributed by atoms with van der Waals surface area (Å²) >= 11 is 1.27. The van der Waals surface area contributed by atoms with Gasteiger partial charge in [-0.05, 0) is 35.4 Å². The summed E-state index contributed by atoms with van der Waals surface area (Å²) in [6.07, 6.45) is 0.184. The summed E-state index contributed by atoms with van der Waals surface area (Å²) < 4.78 is 13.1. The van der Waals surface area contributed by atoms with Crippen molar-refractivity contribution in [3.8, 4) is 0 Å². The van der Waals surface area contributed by atoms with Crippen LogP contribution in [0.25, 0.3) is 0 Å². The number of benzene rings is 3. The fourth-order valence-electron chi connectivity index (χ4n) is 4.60. The molecule has 1 saturated heterocycles. The lowest BCUT2D eigenvalue weighted by atomic mass is 9.96. The molecule has 3 aromatic carbocycles. The van der Waals surface area contributed by atoms with Gasteiger partial charge in [-0.3, -0.25) is 19.8 Å². The number of carbonyl (C=O) groups is 2. The average molecular weight is 515 g/mol. The summed E-state index contributed by atoms with van der Waals surface area (Å²) in [6.45, 7) is 2.84. The van der Waals surface area contributed by atoms with E-state index in [2.05, 4.69) is 63.7 Å². The number of hydrogen-bond acceptors (Lipinski definition) is 5. The van der Waals surface area contributed by atoms with Crippen molar-refractivity contribution in [1.29, 1.82) is 0 Å². The van der Waals surface area contributed by atoms with Crippen LogP contribution in [0.4, 0.5) is 9.52 Å². The van der Waals surface area contributed by atoms with Gasteiger partial charge in [-0.2, -0.15) is 0 Å². The van der Waals surface area contributed by atoms with E-state index < -0.39 is 5.82 Å². The largest absolute Gasteiger partial charge is 0.340 e. The highest BCUT2D eigenvalue weighted by Crippen LogP contribution is 2.29. The lowest BCUT2D eigenvalue weighted by Gasteiger charge is -2.39. The second-order valence-electron chi connectivity index (χ2n) is 8.92. The maximum atomic E-state index is 13.1. The monoisotopic (exact) mass is 514 g/mol. The van der Waals surface area contributed by atoms with Crippen LogP contribution in [0.15, 0.2) is 90.3 Å². The second-order valence-corrected chi connectivity index (χ2v) is 9.78. The van der Waals surface area contributed by atoms with Crippen LogP contribution in [-0.4, -0.2) is 52.8 Å². The Morgan fingerprint density at radius 2 is 1.46 bits per heavy atom. The highest BCUT2D eigenvalue weighted by molar-refractivity contribution is 7.14. The van der Waals surface area contributed by atoms with Crippen molar-refractivity contribution < 1.29 is 14.0 Å². The average Bonchev–Trinajstić information content (AvgIpc) is 3.37. The van der Waals surface area contributed by atoms with Crippen LogP contribution in [0.5, 0.6) is 0 Å². The molecule has 2 heterocycles. The maximum Gasteiger partial charge on any atom is 0.257 e. The Morgan fingerprint density at radius 3 is 2.05 bits per heavy atom. The Balaban J connectivity index is 1.18. The Morgan fingerprint density at radius 1 is 0.865 bits per heavy atom. The highest BCUT2D eigenvalue weighted by Gasteiger charge is 2.28. The van der Waals surface area contributed by atoms with Crippen LogP contribution in [0.3, 0.4) is 0 Å². The van der Waals surface area contributed by atoms with Gasteiger partial charge in [0.1, 0.15) is 5.82 Å². The Hall–Kier alpha value is -3.88. The van der Waals surface area contributed by atoms with E-state index in [4.69, 9.17) is 0 Å². The molecule has 0 atom stereocenters. The molecule has 8 heteroatoms. The topological polar surface area (TPSA) is 65.5 Å². The molecule has 0 bridgehead atoms. The van der Waals surface area contributed by atoms with Crippen LogP contribution >= 0.6 is 11.3 Å². The SMILES string of the molecule is O=C(Nc1nc(CC(=O)N2CCN(C(c3ccccc3)c3ccccc3)CC2)cs1)c1ccc(F)cc1. The quantitative estimate of drug-likeness (QED) is 0.377. The van der Waals surface area contributed by atoms with Gasteiger partial charge < -0.3 is 4.90 Å². The summed E-state index contributed by atoms with van der Waals surface area (Å²) in [5.74, 6) is -0.741. The number of halogens is 1. The van der Waals surface area contributed by atoms with Crippen molar-refractivity contribution in [1.82, 2.24) is 14.8 Å². The van der Waals surface area contributed by atoms with Gasteiger partial charge in [0.25, 0.3) is 5.91 Å². The zero-order chi connectivity index (χ0) is 25.6. The zero-order valence-corrected chi connectivity index (χ0v) is 21.0. The number of anilines is 1. The molecule has 1 N–H and O–H groups in total. The molecule has 6 nitrogen and oxygen atoms in total. The first-order valence-corrected chi connectivity index (χ1v) is 13.1. The number of carbonyl (C=O) groups excluding carboxylic acids is 2. The smallest absolute Gasteiger partial charge is 0.257 e. The summed E-state index contributed by atoms with van der Waals surface area (Å²) in [5.41, 5.74) is 3.45. The molecule has 188 valence electrons. The number of nitrogens with one attached hydrogen (secondary N) is 1. The molecule has 1 aromatic heterocycles. The Bertz CT molecular complexity index is 1300. The molecular formula is C29H27FN4O2S. The first kappa shape index (κ1) is 24.8. The van der Waals surface area contributed by atoms with Crippen molar-refractivity contribution in [3.63, 3.8) is 0 Å². The van der Waals surface area contributed by atoms with Crippen LogP contribution in [0, 0.1) is 5.82 Å². The number of hydrogen-bond donors (Lipinski definition) is 1. The van der Waals surface area contributed by atoms with Crippen LogP contribution < -0.4 is 5.32 Å². The molecule has 37 heavy (non-hydrogen) atoms. The molecular weight excluding hydrogens is 487 g/mol. The van der Waals surface area contributed by atoms with Gasteiger partial charge in [-0.15, -0.1) is 11.3 Å². The third kappa shape index (κ3) is 6.10. The lowest BCUT2D eigenvalue weighted by molar-refractivity contribution is -0.132. The van der Waals surface area contributed by atoms with E-state index >= 15 is 0 Å². The van der Waals surface area contributed by atoms with Gasteiger partial charge in [0, 0.05) is 37.1 Å². The van der Waals surface area contributed by atoms with E-state index in [-0.39, 0.29) is 24.3 Å². The third-order valence-electron chi connectivity index (χ3n) is 6.47. The summed E-state index contributed by atoms with van der Waals surface area (Å²) in [7, 11) is 0. The Kier molecular flexibility index (Phi) is 7.67. The minimum atomic E-state index is -0.400. The minimum absolute atomic E-state index is 0.0253. The van der Waals surface area contributed by atoms with E-state index in [1.807, 2.05) is 17.0 Å². The van der Waals surface area contributed by atoms with Gasteiger partial charge in [-0.25, -0.2) is 9.37 Å². The number of aromatic nitrogens is 1. The van der Waals surface area contributed by atoms with Crippen LogP contribution in [-0.2, 0) is 11.2 Å². The minimum Gasteiger partial charge on any atom is -0.340 e. The van der Waals surface area contributed by atoms with Gasteiger partial charge in [-0.1, -0.05) is 60.7 Å². The molecule has 0 saturated carbocycles. The van der Waals surface area contributed by atoms with Crippen molar-refractivity contribution in [2.24, 2.45) is 0 Å². The fraction of sp³-hybridized carbons (Fsp3) is 0.207. The number of rotatable bonds is 7. The molecule has 2 amide bonds. The highest BCUT2D eigenvalue weighted by atomic mass is 32.1. The first-order valence-electron chi connectivity index (χ1n) is 12.2. The van der Waals surface area contributed by atoms with Crippen molar-refractivity contribution in [3.05, 3.63) is 119 Å². The normalized spacial score (nSPS) is 14.1. The van der Waals surface area contributed by atoms with Gasteiger partial charge >= 0.3 is 0 Å². The molecule has 1 fully saturated rings. The zero-order valence-electron chi connectivity index (χ0n) is 20.2. The summed E-state index contributed by atoms with van der Waals surface area (Å²) in [4.78, 5) is 34.1. The van der Waals surface area contributed by atoms with Crippen molar-refractivity contribution in [2.45, 2.75) is 12.5 Å². The third-order valence-corrected chi connectivity index (χ3v) is 7.28. The number of nitrogens with zero attached hydrogens (tertiary/aromatic N) is 3. The van der Waals surface area contributed by atoms with E-state index in [9.17, 15) is 14.0 Å². The van der Waals surface area contributed by atoms with E-state index in [1.165, 1.54) is 46.7 Å². The standard InChI is InChI=1S/C29H27FN4O2S/c30-24-13-11-23(12-14-24)28(36)32-29-31-25(20-37-29)19-26(35)33-15-17-34(18-16-33)27(21-7-3-1-4-8-21)22-9-5-2-6-10-22/h1-14,20,27H,15-19H2,(H,31,32,36).